The van der Waals surface area contributed by atoms with Crippen LogP contribution >= 0.6 is 0 Å². The van der Waals surface area contributed by atoms with Gasteiger partial charge in [-0.3, -0.25) is 0 Å². The second-order valence-electron chi connectivity index (χ2n) is 5.59. The molecule has 1 rings (SSSR count). The van der Waals surface area contributed by atoms with Gasteiger partial charge in [-0.2, -0.15) is 0 Å². The van der Waals surface area contributed by atoms with Crippen molar-refractivity contribution in [3.8, 4) is 0 Å². The Morgan fingerprint density at radius 2 is 2.22 bits per heavy atom. The molecule has 0 saturated carbocycles. The number of rotatable bonds is 10. The maximum atomic E-state index is 5.92. The van der Waals surface area contributed by atoms with E-state index in [0.29, 0.717) is 18.1 Å². The molecular formula is C16H31NO. The molecule has 0 spiro atoms. The topological polar surface area (TPSA) is 21.3 Å². The summed E-state index contributed by atoms with van der Waals surface area (Å²) in [6, 6.07) is 0.561. The highest BCUT2D eigenvalue weighted by molar-refractivity contribution is 4.84. The normalized spacial score (nSPS) is 25.2. The van der Waals surface area contributed by atoms with Crippen molar-refractivity contribution in [3.05, 3.63) is 12.7 Å². The second kappa shape index (κ2) is 9.57. The molecule has 18 heavy (non-hydrogen) atoms. The van der Waals surface area contributed by atoms with E-state index in [-0.39, 0.29) is 0 Å². The standard InChI is InChI=1S/C16H31NO/c1-4-6-7-8-9-10-15(17-12-5-2)16-14(3)11-13-18-16/h4,14-17H,1,5-13H2,2-3H3. The first kappa shape index (κ1) is 15.7. The first-order valence-corrected chi connectivity index (χ1v) is 7.75. The lowest BCUT2D eigenvalue weighted by molar-refractivity contribution is 0.0574. The molecule has 0 radical (unpaired) electrons. The minimum atomic E-state index is 0.441. The maximum Gasteiger partial charge on any atom is 0.0754 e. The molecule has 0 aromatic heterocycles. The van der Waals surface area contributed by atoms with Gasteiger partial charge in [-0.15, -0.1) is 6.58 Å². The smallest absolute Gasteiger partial charge is 0.0754 e. The fourth-order valence-corrected chi connectivity index (χ4v) is 2.77. The molecule has 0 aromatic rings. The van der Waals surface area contributed by atoms with Gasteiger partial charge < -0.3 is 10.1 Å². The third kappa shape index (κ3) is 5.53. The lowest BCUT2D eigenvalue weighted by atomic mass is 9.93. The van der Waals surface area contributed by atoms with Gasteiger partial charge in [0.25, 0.3) is 0 Å². The molecule has 1 aliphatic rings. The molecule has 3 atom stereocenters. The van der Waals surface area contributed by atoms with Crippen molar-refractivity contribution in [2.24, 2.45) is 5.92 Å². The number of hydrogen-bond donors (Lipinski definition) is 1. The zero-order valence-corrected chi connectivity index (χ0v) is 12.3. The molecule has 0 bridgehead atoms. The number of allylic oxidation sites excluding steroid dienone is 1. The zero-order chi connectivity index (χ0) is 13.2. The lowest BCUT2D eigenvalue weighted by Gasteiger charge is -2.27. The Morgan fingerprint density at radius 1 is 1.39 bits per heavy atom. The number of nitrogens with one attached hydrogen (secondary N) is 1. The fourth-order valence-electron chi connectivity index (χ4n) is 2.77. The molecular weight excluding hydrogens is 222 g/mol. The van der Waals surface area contributed by atoms with E-state index in [2.05, 4.69) is 25.7 Å². The first-order valence-electron chi connectivity index (χ1n) is 7.75. The predicted molar refractivity (Wildman–Crippen MR) is 78.9 cm³/mol. The lowest BCUT2D eigenvalue weighted by Crippen LogP contribution is -2.42. The van der Waals surface area contributed by atoms with Gasteiger partial charge in [0.05, 0.1) is 6.10 Å². The minimum Gasteiger partial charge on any atom is -0.376 e. The van der Waals surface area contributed by atoms with Crippen LogP contribution in [-0.2, 0) is 4.74 Å². The largest absolute Gasteiger partial charge is 0.376 e. The molecule has 1 heterocycles. The third-order valence-electron chi connectivity index (χ3n) is 3.92. The van der Waals surface area contributed by atoms with Crippen LogP contribution in [0, 0.1) is 5.92 Å². The van der Waals surface area contributed by atoms with E-state index >= 15 is 0 Å². The van der Waals surface area contributed by atoms with Crippen LogP contribution in [0.2, 0.25) is 0 Å². The van der Waals surface area contributed by atoms with Crippen molar-refractivity contribution in [1.82, 2.24) is 5.32 Å². The van der Waals surface area contributed by atoms with Crippen LogP contribution < -0.4 is 5.32 Å². The fraction of sp³-hybridized carbons (Fsp3) is 0.875. The average molecular weight is 253 g/mol. The highest BCUT2D eigenvalue weighted by Gasteiger charge is 2.31. The van der Waals surface area contributed by atoms with Crippen LogP contribution in [0.1, 0.15) is 58.8 Å². The van der Waals surface area contributed by atoms with Gasteiger partial charge in [0.2, 0.25) is 0 Å². The summed E-state index contributed by atoms with van der Waals surface area (Å²) in [6.45, 7) is 10.4. The van der Waals surface area contributed by atoms with Crippen LogP contribution in [0.15, 0.2) is 12.7 Å². The van der Waals surface area contributed by atoms with E-state index in [9.17, 15) is 0 Å². The monoisotopic (exact) mass is 253 g/mol. The van der Waals surface area contributed by atoms with Crippen LogP contribution in [0.3, 0.4) is 0 Å². The van der Waals surface area contributed by atoms with Crippen LogP contribution in [0.5, 0.6) is 0 Å². The zero-order valence-electron chi connectivity index (χ0n) is 12.3. The average Bonchev–Trinajstić information content (AvgIpc) is 2.79. The Bertz CT molecular complexity index is 217. The molecule has 1 saturated heterocycles. The quantitative estimate of drug-likeness (QED) is 0.471. The van der Waals surface area contributed by atoms with Gasteiger partial charge in [-0.05, 0) is 44.6 Å². The van der Waals surface area contributed by atoms with Gasteiger partial charge >= 0.3 is 0 Å². The van der Waals surface area contributed by atoms with Gasteiger partial charge in [-0.1, -0.05) is 32.8 Å². The summed E-state index contributed by atoms with van der Waals surface area (Å²) in [4.78, 5) is 0. The maximum absolute atomic E-state index is 5.92. The van der Waals surface area contributed by atoms with E-state index in [0.717, 1.165) is 19.6 Å². The molecule has 1 aliphatic heterocycles. The molecule has 2 nitrogen and oxygen atoms in total. The van der Waals surface area contributed by atoms with Crippen LogP contribution in [0.4, 0.5) is 0 Å². The molecule has 1 N–H and O–H groups in total. The van der Waals surface area contributed by atoms with Gasteiger partial charge in [0, 0.05) is 12.6 Å². The summed E-state index contributed by atoms with van der Waals surface area (Å²) >= 11 is 0. The molecule has 1 fully saturated rings. The second-order valence-corrected chi connectivity index (χ2v) is 5.59. The molecule has 106 valence electrons. The summed E-state index contributed by atoms with van der Waals surface area (Å²) in [6.07, 6.45) is 11.2. The molecule has 2 heteroatoms. The highest BCUT2D eigenvalue weighted by atomic mass is 16.5. The van der Waals surface area contributed by atoms with Gasteiger partial charge in [0.1, 0.15) is 0 Å². The van der Waals surface area contributed by atoms with E-state index in [1.165, 1.54) is 38.5 Å². The molecule has 0 amide bonds. The molecule has 0 aromatic carbocycles. The van der Waals surface area contributed by atoms with Crippen LogP contribution in [-0.4, -0.2) is 25.3 Å². The third-order valence-corrected chi connectivity index (χ3v) is 3.92. The Labute approximate surface area is 113 Å². The van der Waals surface area contributed by atoms with Crippen molar-refractivity contribution in [1.29, 1.82) is 0 Å². The number of ether oxygens (including phenoxy) is 1. The van der Waals surface area contributed by atoms with Crippen molar-refractivity contribution in [3.63, 3.8) is 0 Å². The summed E-state index contributed by atoms with van der Waals surface area (Å²) < 4.78 is 5.92. The molecule has 3 unspecified atom stereocenters. The summed E-state index contributed by atoms with van der Waals surface area (Å²) in [7, 11) is 0. The number of unbranched alkanes of at least 4 members (excludes halogenated alkanes) is 3. The van der Waals surface area contributed by atoms with Gasteiger partial charge in [-0.25, -0.2) is 0 Å². The highest BCUT2D eigenvalue weighted by Crippen LogP contribution is 2.25. The predicted octanol–water partition coefficient (Wildman–Crippen LogP) is 3.92. The van der Waals surface area contributed by atoms with E-state index in [1.54, 1.807) is 0 Å². The SMILES string of the molecule is C=CCCCCCC(NCCC)C1OCCC1C. The first-order chi connectivity index (χ1) is 8.79. The summed E-state index contributed by atoms with van der Waals surface area (Å²) in [5.41, 5.74) is 0. The van der Waals surface area contributed by atoms with E-state index < -0.39 is 0 Å². The van der Waals surface area contributed by atoms with Crippen molar-refractivity contribution < 1.29 is 4.74 Å². The Morgan fingerprint density at radius 3 is 2.83 bits per heavy atom. The van der Waals surface area contributed by atoms with Gasteiger partial charge in [0.15, 0.2) is 0 Å². The summed E-state index contributed by atoms with van der Waals surface area (Å²) in [5, 5.41) is 3.69. The van der Waals surface area contributed by atoms with E-state index in [1.807, 2.05) is 6.08 Å². The Balaban J connectivity index is 2.28. The van der Waals surface area contributed by atoms with Crippen LogP contribution in [0.25, 0.3) is 0 Å². The summed E-state index contributed by atoms with van der Waals surface area (Å²) in [5.74, 6) is 0.715. The Kier molecular flexibility index (Phi) is 8.36. The Hall–Kier alpha value is -0.340. The van der Waals surface area contributed by atoms with Crippen molar-refractivity contribution >= 4 is 0 Å². The molecule has 0 aliphatic carbocycles. The van der Waals surface area contributed by atoms with E-state index in [4.69, 9.17) is 4.74 Å². The van der Waals surface area contributed by atoms with Crippen molar-refractivity contribution in [2.75, 3.05) is 13.2 Å². The van der Waals surface area contributed by atoms with Crippen molar-refractivity contribution in [2.45, 2.75) is 70.9 Å². The minimum absolute atomic E-state index is 0.441. The number of hydrogen-bond acceptors (Lipinski definition) is 2.